The summed E-state index contributed by atoms with van der Waals surface area (Å²) in [5.74, 6) is 2.81. The first kappa shape index (κ1) is 24.9. The molecule has 3 heterocycles. The molecule has 0 bridgehead atoms. The van der Waals surface area contributed by atoms with Crippen LogP contribution in [0.1, 0.15) is 31.7 Å². The molecule has 1 amide bonds. The van der Waals surface area contributed by atoms with Gasteiger partial charge in [0.2, 0.25) is 5.91 Å². The number of guanidine groups is 1. The number of para-hydroxylation sites is 1. The lowest BCUT2D eigenvalue weighted by Crippen LogP contribution is -2.57. The highest BCUT2D eigenvalue weighted by Crippen LogP contribution is 2.33. The first-order valence-electron chi connectivity index (χ1n) is 11.5. The number of carbonyl (C=O) groups excluding carboxylic acids is 1. The molecule has 1 N–H and O–H groups in total. The van der Waals surface area contributed by atoms with Crippen LogP contribution in [0.2, 0.25) is 0 Å². The molecular weight excluding hydrogens is 521 g/mol. The second kappa shape index (κ2) is 11.9. The van der Waals surface area contributed by atoms with Gasteiger partial charge in [0.15, 0.2) is 17.5 Å². The van der Waals surface area contributed by atoms with Gasteiger partial charge in [-0.1, -0.05) is 12.1 Å². The minimum Gasteiger partial charge on any atom is -0.490 e. The zero-order chi connectivity index (χ0) is 21.6. The zero-order valence-electron chi connectivity index (χ0n) is 19.2. The fourth-order valence-corrected chi connectivity index (χ4v) is 4.58. The third-order valence-electron chi connectivity index (χ3n) is 6.44. The molecule has 2 fully saturated rings. The van der Waals surface area contributed by atoms with Crippen molar-refractivity contribution >= 4 is 35.8 Å². The van der Waals surface area contributed by atoms with Crippen LogP contribution in [0.3, 0.4) is 0 Å². The molecule has 0 spiro atoms. The molecular formula is C23H36IN5O3. The third kappa shape index (κ3) is 5.78. The van der Waals surface area contributed by atoms with Crippen molar-refractivity contribution in [2.75, 3.05) is 59.5 Å². The van der Waals surface area contributed by atoms with Crippen LogP contribution < -0.4 is 14.8 Å². The van der Waals surface area contributed by atoms with Gasteiger partial charge in [-0.25, -0.2) is 0 Å². The van der Waals surface area contributed by atoms with Gasteiger partial charge >= 0.3 is 0 Å². The van der Waals surface area contributed by atoms with Crippen LogP contribution in [0.25, 0.3) is 0 Å². The van der Waals surface area contributed by atoms with Crippen molar-refractivity contribution in [3.05, 3.63) is 23.8 Å². The number of aliphatic imine (C=N–C) groups is 1. The van der Waals surface area contributed by atoms with Gasteiger partial charge in [-0.15, -0.1) is 24.0 Å². The van der Waals surface area contributed by atoms with Gasteiger partial charge in [-0.2, -0.15) is 0 Å². The number of nitrogens with zero attached hydrogens (tertiary/aromatic N) is 4. The summed E-state index contributed by atoms with van der Waals surface area (Å²) in [5, 5.41) is 3.48. The maximum atomic E-state index is 12.7. The van der Waals surface area contributed by atoms with Crippen molar-refractivity contribution < 1.29 is 14.3 Å². The minimum atomic E-state index is -0.0489. The van der Waals surface area contributed by atoms with E-state index >= 15 is 0 Å². The number of fused-ring (bicyclic) bond motifs is 1. The van der Waals surface area contributed by atoms with E-state index in [-0.39, 0.29) is 35.9 Å². The molecule has 1 atom stereocenters. The van der Waals surface area contributed by atoms with E-state index in [0.29, 0.717) is 19.8 Å². The quantitative estimate of drug-likeness (QED) is 0.348. The number of hydrogen-bond donors (Lipinski definition) is 1. The Bertz CT molecular complexity index is 792. The van der Waals surface area contributed by atoms with E-state index in [1.54, 1.807) is 0 Å². The highest BCUT2D eigenvalue weighted by Gasteiger charge is 2.30. The smallest absolute Gasteiger partial charge is 0.239 e. The lowest BCUT2D eigenvalue weighted by molar-refractivity contribution is -0.135. The predicted molar refractivity (Wildman–Crippen MR) is 136 cm³/mol. The Balaban J connectivity index is 0.00000289. The molecule has 178 valence electrons. The predicted octanol–water partition coefficient (Wildman–Crippen LogP) is 2.17. The number of piperazine rings is 1. The molecule has 0 radical (unpaired) electrons. The molecule has 3 aliphatic heterocycles. The lowest BCUT2D eigenvalue weighted by atomic mass is 10.2. The Morgan fingerprint density at radius 1 is 1.03 bits per heavy atom. The van der Waals surface area contributed by atoms with Crippen LogP contribution >= 0.6 is 24.0 Å². The van der Waals surface area contributed by atoms with Crippen molar-refractivity contribution in [2.24, 2.45) is 4.99 Å². The molecule has 2 saturated heterocycles. The molecule has 1 unspecified atom stereocenters. The molecule has 3 aliphatic rings. The molecule has 1 aromatic carbocycles. The van der Waals surface area contributed by atoms with Gasteiger partial charge in [0.1, 0.15) is 0 Å². The van der Waals surface area contributed by atoms with Crippen molar-refractivity contribution in [3.8, 4) is 11.5 Å². The lowest BCUT2D eigenvalue weighted by Gasteiger charge is -2.39. The highest BCUT2D eigenvalue weighted by molar-refractivity contribution is 14.0. The molecule has 9 heteroatoms. The second-order valence-corrected chi connectivity index (χ2v) is 8.43. The maximum absolute atomic E-state index is 12.7. The largest absolute Gasteiger partial charge is 0.490 e. The zero-order valence-corrected chi connectivity index (χ0v) is 21.5. The Morgan fingerprint density at radius 3 is 2.47 bits per heavy atom. The number of hydrogen-bond acceptors (Lipinski definition) is 5. The van der Waals surface area contributed by atoms with E-state index in [1.807, 2.05) is 31.0 Å². The highest BCUT2D eigenvalue weighted by atomic mass is 127. The van der Waals surface area contributed by atoms with Crippen LogP contribution in [-0.4, -0.2) is 92.1 Å². The van der Waals surface area contributed by atoms with E-state index in [0.717, 1.165) is 81.6 Å². The molecule has 0 aliphatic carbocycles. The normalized spacial score (nSPS) is 20.4. The van der Waals surface area contributed by atoms with E-state index in [9.17, 15) is 4.79 Å². The van der Waals surface area contributed by atoms with E-state index < -0.39 is 0 Å². The Hall–Kier alpha value is -1.75. The Morgan fingerprint density at radius 2 is 1.75 bits per heavy atom. The molecule has 1 aromatic rings. The summed E-state index contributed by atoms with van der Waals surface area (Å²) >= 11 is 0. The van der Waals surface area contributed by atoms with Crippen LogP contribution in [0.15, 0.2) is 23.2 Å². The number of benzene rings is 1. The van der Waals surface area contributed by atoms with Crippen molar-refractivity contribution in [2.45, 2.75) is 38.8 Å². The molecule has 0 saturated carbocycles. The molecule has 4 rings (SSSR count). The molecule has 8 nitrogen and oxygen atoms in total. The van der Waals surface area contributed by atoms with Crippen LogP contribution in [0, 0.1) is 0 Å². The number of halogens is 1. The number of amides is 1. The van der Waals surface area contributed by atoms with Gasteiger partial charge in [0, 0.05) is 64.8 Å². The van der Waals surface area contributed by atoms with Gasteiger partial charge in [0.05, 0.1) is 19.3 Å². The van der Waals surface area contributed by atoms with E-state index in [4.69, 9.17) is 9.47 Å². The van der Waals surface area contributed by atoms with Gasteiger partial charge in [0.25, 0.3) is 0 Å². The van der Waals surface area contributed by atoms with E-state index in [2.05, 4.69) is 26.2 Å². The van der Waals surface area contributed by atoms with Crippen LogP contribution in [0.5, 0.6) is 11.5 Å². The summed E-state index contributed by atoms with van der Waals surface area (Å²) in [6.45, 7) is 9.29. The topological polar surface area (TPSA) is 69.6 Å². The average Bonchev–Trinajstić information content (AvgIpc) is 3.24. The fraction of sp³-hybridized carbons (Fsp3) is 0.652. The SMILES string of the molecule is CN=C(NCc1cccc2c1OCCCO2)N1CCN(C(C)C(=O)N2CCCC2)CC1.I. The summed E-state index contributed by atoms with van der Waals surface area (Å²) in [6, 6.07) is 5.98. The number of likely N-dealkylation sites (tertiary alicyclic amines) is 1. The molecule has 0 aromatic heterocycles. The van der Waals surface area contributed by atoms with Gasteiger partial charge in [-0.3, -0.25) is 14.7 Å². The summed E-state index contributed by atoms with van der Waals surface area (Å²) in [6.07, 6.45) is 3.16. The van der Waals surface area contributed by atoms with Gasteiger partial charge < -0.3 is 24.6 Å². The number of nitrogens with one attached hydrogen (secondary N) is 1. The number of ether oxygens (including phenoxy) is 2. The van der Waals surface area contributed by atoms with Gasteiger partial charge in [-0.05, 0) is 25.8 Å². The summed E-state index contributed by atoms with van der Waals surface area (Å²) in [7, 11) is 1.82. The van der Waals surface area contributed by atoms with Crippen molar-refractivity contribution in [1.82, 2.24) is 20.0 Å². The number of rotatable bonds is 4. The third-order valence-corrected chi connectivity index (χ3v) is 6.44. The number of carbonyl (C=O) groups is 1. The van der Waals surface area contributed by atoms with E-state index in [1.165, 1.54) is 0 Å². The minimum absolute atomic E-state index is 0. The maximum Gasteiger partial charge on any atom is 0.239 e. The first-order valence-corrected chi connectivity index (χ1v) is 11.5. The van der Waals surface area contributed by atoms with Crippen LogP contribution in [-0.2, 0) is 11.3 Å². The van der Waals surface area contributed by atoms with Crippen LogP contribution in [0.4, 0.5) is 0 Å². The Labute approximate surface area is 208 Å². The summed E-state index contributed by atoms with van der Waals surface area (Å²) in [4.78, 5) is 23.8. The average molecular weight is 557 g/mol. The second-order valence-electron chi connectivity index (χ2n) is 8.43. The monoisotopic (exact) mass is 557 g/mol. The summed E-state index contributed by atoms with van der Waals surface area (Å²) in [5.41, 5.74) is 1.07. The van der Waals surface area contributed by atoms with Crippen molar-refractivity contribution in [1.29, 1.82) is 0 Å². The first-order chi connectivity index (χ1) is 15.2. The van der Waals surface area contributed by atoms with Crippen molar-refractivity contribution in [3.63, 3.8) is 0 Å². The standard InChI is InChI=1S/C23H35N5O3.HI/c1-18(22(29)27-9-3-4-10-27)26-11-13-28(14-12-26)23(24-2)25-17-19-7-5-8-20-21(19)31-16-6-15-30-20;/h5,7-8,18H,3-4,6,9-17H2,1-2H3,(H,24,25);1H. The summed E-state index contributed by atoms with van der Waals surface area (Å²) < 4.78 is 11.7. The molecule has 32 heavy (non-hydrogen) atoms. The fourth-order valence-electron chi connectivity index (χ4n) is 4.58. The Kier molecular flexibility index (Phi) is 9.27.